The van der Waals surface area contributed by atoms with Crippen molar-refractivity contribution < 1.29 is 23.9 Å². The van der Waals surface area contributed by atoms with E-state index >= 15 is 0 Å². The zero-order valence-electron chi connectivity index (χ0n) is 16.5. The number of hydrogen-bond acceptors (Lipinski definition) is 6. The van der Waals surface area contributed by atoms with Gasteiger partial charge in [-0.15, -0.1) is 6.42 Å². The molecule has 0 bridgehead atoms. The fourth-order valence-electron chi connectivity index (χ4n) is 3.18. The average Bonchev–Trinajstić information content (AvgIpc) is 3.33. The fourth-order valence-corrected chi connectivity index (χ4v) is 4.29. The van der Waals surface area contributed by atoms with Crippen molar-refractivity contribution in [1.82, 2.24) is 9.80 Å². The van der Waals surface area contributed by atoms with Gasteiger partial charge >= 0.3 is 0 Å². The molecule has 9 heteroatoms. The van der Waals surface area contributed by atoms with Crippen LogP contribution in [0.3, 0.4) is 0 Å². The third kappa shape index (κ3) is 4.91. The number of amides is 3. The van der Waals surface area contributed by atoms with Crippen LogP contribution in [0, 0.1) is 12.3 Å². The molecule has 0 saturated carbocycles. The van der Waals surface area contributed by atoms with Gasteiger partial charge in [0.2, 0.25) is 5.91 Å². The molecule has 2 aliphatic rings. The smallest absolute Gasteiger partial charge is 0.294 e. The number of benzene rings is 1. The lowest BCUT2D eigenvalue weighted by Gasteiger charge is -2.18. The normalized spacial score (nSPS) is 17.6. The average molecular weight is 449 g/mol. The van der Waals surface area contributed by atoms with Gasteiger partial charge in [0, 0.05) is 13.1 Å². The standard InChI is InChI=1S/C21H21ClN2O5S/c1-3-9-29-19-15(22)10-14(11-16(19)28-4-2)12-17-20(26)24(21(27)30-17)13-18(25)23-7-5-6-8-23/h1,10-12H,4-9,13H2,2H3/b17-12+. The molecule has 3 amide bonds. The molecular weight excluding hydrogens is 428 g/mol. The number of carbonyl (C=O) groups excluding carboxylic acids is 3. The second-order valence-corrected chi connectivity index (χ2v) is 8.01. The topological polar surface area (TPSA) is 76.2 Å². The summed E-state index contributed by atoms with van der Waals surface area (Å²) in [5.74, 6) is 2.35. The van der Waals surface area contributed by atoms with E-state index in [1.165, 1.54) is 0 Å². The number of carbonyl (C=O) groups is 3. The van der Waals surface area contributed by atoms with Crippen molar-refractivity contribution in [3.8, 4) is 23.8 Å². The Labute approximate surface area is 184 Å². The number of imide groups is 1. The summed E-state index contributed by atoms with van der Waals surface area (Å²) in [4.78, 5) is 40.2. The van der Waals surface area contributed by atoms with Gasteiger partial charge in [0.15, 0.2) is 11.5 Å². The molecule has 158 valence electrons. The van der Waals surface area contributed by atoms with E-state index in [0.717, 1.165) is 29.5 Å². The lowest BCUT2D eigenvalue weighted by molar-refractivity contribution is -0.135. The molecule has 7 nitrogen and oxygen atoms in total. The Morgan fingerprint density at radius 1 is 1.30 bits per heavy atom. The minimum atomic E-state index is -0.501. The van der Waals surface area contributed by atoms with E-state index < -0.39 is 11.1 Å². The number of halogens is 1. The largest absolute Gasteiger partial charge is 0.490 e. The number of ether oxygens (including phenoxy) is 2. The summed E-state index contributed by atoms with van der Waals surface area (Å²) in [5, 5.41) is -0.199. The minimum absolute atomic E-state index is 0.0308. The fraction of sp³-hybridized carbons (Fsp3) is 0.381. The van der Waals surface area contributed by atoms with Gasteiger partial charge in [0.25, 0.3) is 11.1 Å². The van der Waals surface area contributed by atoms with Crippen molar-refractivity contribution >= 4 is 46.5 Å². The van der Waals surface area contributed by atoms with E-state index in [2.05, 4.69) is 5.92 Å². The van der Waals surface area contributed by atoms with Crippen molar-refractivity contribution in [2.75, 3.05) is 32.8 Å². The molecule has 2 heterocycles. The van der Waals surface area contributed by atoms with E-state index in [1.54, 1.807) is 23.1 Å². The number of rotatable bonds is 7. The Hall–Kier alpha value is -2.63. The third-order valence-electron chi connectivity index (χ3n) is 4.56. The zero-order chi connectivity index (χ0) is 21.7. The molecule has 0 N–H and O–H groups in total. The van der Waals surface area contributed by atoms with Crippen LogP contribution >= 0.6 is 23.4 Å². The Morgan fingerprint density at radius 3 is 2.70 bits per heavy atom. The Bertz CT molecular complexity index is 934. The lowest BCUT2D eigenvalue weighted by Crippen LogP contribution is -2.40. The van der Waals surface area contributed by atoms with Crippen LogP contribution in [0.1, 0.15) is 25.3 Å². The molecule has 0 aromatic heterocycles. The maximum absolute atomic E-state index is 12.7. The van der Waals surface area contributed by atoms with Gasteiger partial charge < -0.3 is 14.4 Å². The van der Waals surface area contributed by atoms with Gasteiger partial charge in [-0.25, -0.2) is 0 Å². The molecule has 0 aliphatic carbocycles. The number of hydrogen-bond donors (Lipinski definition) is 0. The first-order chi connectivity index (χ1) is 14.4. The van der Waals surface area contributed by atoms with Crippen LogP contribution in [0.5, 0.6) is 11.5 Å². The van der Waals surface area contributed by atoms with Gasteiger partial charge in [-0.05, 0) is 55.3 Å². The van der Waals surface area contributed by atoms with Crippen LogP contribution in [-0.4, -0.2) is 59.7 Å². The Balaban J connectivity index is 1.80. The lowest BCUT2D eigenvalue weighted by atomic mass is 10.1. The monoisotopic (exact) mass is 448 g/mol. The van der Waals surface area contributed by atoms with Crippen LogP contribution in [0.2, 0.25) is 5.02 Å². The molecule has 0 spiro atoms. The maximum Gasteiger partial charge on any atom is 0.294 e. The van der Waals surface area contributed by atoms with Crippen LogP contribution in [0.4, 0.5) is 4.79 Å². The van der Waals surface area contributed by atoms with Crippen LogP contribution in [-0.2, 0) is 9.59 Å². The Morgan fingerprint density at radius 2 is 2.03 bits per heavy atom. The summed E-state index contributed by atoms with van der Waals surface area (Å²) in [6, 6.07) is 3.25. The van der Waals surface area contributed by atoms with E-state index in [4.69, 9.17) is 27.5 Å². The quantitative estimate of drug-likeness (QED) is 0.470. The molecule has 1 aromatic carbocycles. The molecule has 2 aliphatic heterocycles. The van der Waals surface area contributed by atoms with Gasteiger partial charge in [-0.3, -0.25) is 19.3 Å². The van der Waals surface area contributed by atoms with E-state index in [1.807, 2.05) is 6.92 Å². The third-order valence-corrected chi connectivity index (χ3v) is 5.74. The maximum atomic E-state index is 12.7. The first kappa shape index (κ1) is 22.1. The van der Waals surface area contributed by atoms with E-state index in [9.17, 15) is 14.4 Å². The molecule has 30 heavy (non-hydrogen) atoms. The predicted octanol–water partition coefficient (Wildman–Crippen LogP) is 3.41. The Kier molecular flexibility index (Phi) is 7.29. The molecule has 0 atom stereocenters. The van der Waals surface area contributed by atoms with Crippen molar-refractivity contribution in [2.45, 2.75) is 19.8 Å². The van der Waals surface area contributed by atoms with E-state index in [-0.39, 0.29) is 29.0 Å². The van der Waals surface area contributed by atoms with Crippen molar-refractivity contribution in [3.63, 3.8) is 0 Å². The van der Waals surface area contributed by atoms with Crippen molar-refractivity contribution in [1.29, 1.82) is 0 Å². The van der Waals surface area contributed by atoms with Gasteiger partial charge in [-0.2, -0.15) is 0 Å². The van der Waals surface area contributed by atoms with Gasteiger partial charge in [-0.1, -0.05) is 17.5 Å². The molecule has 2 saturated heterocycles. The second-order valence-electron chi connectivity index (χ2n) is 6.61. The number of likely N-dealkylation sites (tertiary alicyclic amines) is 1. The SMILES string of the molecule is C#CCOc1c(Cl)cc(/C=C2/SC(=O)N(CC(=O)N3CCCC3)C2=O)cc1OCC. The summed E-state index contributed by atoms with van der Waals surface area (Å²) in [6.45, 7) is 3.31. The van der Waals surface area contributed by atoms with Crippen molar-refractivity contribution in [2.24, 2.45) is 0 Å². The summed E-state index contributed by atoms with van der Waals surface area (Å²) in [6.07, 6.45) is 8.66. The highest BCUT2D eigenvalue weighted by Gasteiger charge is 2.37. The summed E-state index contributed by atoms with van der Waals surface area (Å²) < 4.78 is 11.0. The predicted molar refractivity (Wildman–Crippen MR) is 115 cm³/mol. The molecule has 3 rings (SSSR count). The van der Waals surface area contributed by atoms with Gasteiger partial charge in [0.05, 0.1) is 16.5 Å². The second kappa shape index (κ2) is 9.92. The first-order valence-corrected chi connectivity index (χ1v) is 10.7. The summed E-state index contributed by atoms with van der Waals surface area (Å²) in [5.41, 5.74) is 0.563. The molecule has 0 unspecified atom stereocenters. The first-order valence-electron chi connectivity index (χ1n) is 9.50. The molecule has 1 aromatic rings. The van der Waals surface area contributed by atoms with Crippen LogP contribution in [0.15, 0.2) is 17.0 Å². The summed E-state index contributed by atoms with van der Waals surface area (Å²) in [7, 11) is 0. The number of nitrogens with zero attached hydrogens (tertiary/aromatic N) is 2. The minimum Gasteiger partial charge on any atom is -0.490 e. The van der Waals surface area contributed by atoms with Crippen molar-refractivity contribution in [3.05, 3.63) is 27.6 Å². The molecule has 0 radical (unpaired) electrons. The number of thioether (sulfide) groups is 1. The zero-order valence-corrected chi connectivity index (χ0v) is 18.1. The van der Waals surface area contributed by atoms with E-state index in [0.29, 0.717) is 36.8 Å². The van der Waals surface area contributed by atoms with Crippen LogP contribution < -0.4 is 9.47 Å². The molecular formula is C21H21ClN2O5S. The highest BCUT2D eigenvalue weighted by molar-refractivity contribution is 8.18. The molecule has 2 fully saturated rings. The van der Waals surface area contributed by atoms with Gasteiger partial charge in [0.1, 0.15) is 13.2 Å². The number of terminal acetylenes is 1. The van der Waals surface area contributed by atoms with Crippen LogP contribution in [0.25, 0.3) is 6.08 Å². The summed E-state index contributed by atoms with van der Waals surface area (Å²) >= 11 is 7.10. The highest BCUT2D eigenvalue weighted by Crippen LogP contribution is 2.39. The highest BCUT2D eigenvalue weighted by atomic mass is 35.5.